The summed E-state index contributed by atoms with van der Waals surface area (Å²) in [5.74, 6) is 0.736. The smallest absolute Gasteiger partial charge is 0.280 e. The second-order valence-corrected chi connectivity index (χ2v) is 7.46. The van der Waals surface area contributed by atoms with Gasteiger partial charge in [0, 0.05) is 16.5 Å². The number of rotatable bonds is 7. The van der Waals surface area contributed by atoms with E-state index in [1.54, 1.807) is 6.92 Å². The Morgan fingerprint density at radius 1 is 1.21 bits per heavy atom. The van der Waals surface area contributed by atoms with Crippen molar-refractivity contribution >= 4 is 35.5 Å². The molecule has 0 unspecified atom stereocenters. The number of halogens is 1. The van der Waals surface area contributed by atoms with E-state index < -0.39 is 0 Å². The van der Waals surface area contributed by atoms with Gasteiger partial charge in [0.15, 0.2) is 0 Å². The summed E-state index contributed by atoms with van der Waals surface area (Å²) in [6.45, 7) is 1.78. The number of hydrogen-bond acceptors (Lipinski definition) is 4. The van der Waals surface area contributed by atoms with E-state index in [0.717, 1.165) is 11.3 Å². The molecule has 2 aromatic carbocycles. The highest BCUT2D eigenvalue weighted by Crippen LogP contribution is 2.15. The highest BCUT2D eigenvalue weighted by atomic mass is 35.5. The van der Waals surface area contributed by atoms with Crippen LogP contribution in [0.25, 0.3) is 5.69 Å². The van der Waals surface area contributed by atoms with Gasteiger partial charge in [-0.25, -0.2) is 10.1 Å². The summed E-state index contributed by atoms with van der Waals surface area (Å²) in [7, 11) is 0. The molecule has 0 radical (unpaired) electrons. The van der Waals surface area contributed by atoms with Gasteiger partial charge in [0.1, 0.15) is 0 Å². The van der Waals surface area contributed by atoms with Crippen LogP contribution in [0.5, 0.6) is 0 Å². The number of para-hydroxylation sites is 1. The maximum absolute atomic E-state index is 12.5. The summed E-state index contributed by atoms with van der Waals surface area (Å²) >= 11 is 7.32. The number of benzene rings is 2. The molecule has 6 nitrogen and oxygen atoms in total. The van der Waals surface area contributed by atoms with Gasteiger partial charge in [0.05, 0.1) is 23.2 Å². The lowest BCUT2D eigenvalue weighted by molar-refractivity contribution is -0.118. The zero-order valence-electron chi connectivity index (χ0n) is 15.2. The number of carbonyl (C=O) groups is 1. The number of amides is 1. The molecule has 0 aliphatic heterocycles. The van der Waals surface area contributed by atoms with Crippen molar-refractivity contribution in [3.8, 4) is 5.69 Å². The van der Waals surface area contributed by atoms with Crippen LogP contribution in [0.2, 0.25) is 5.02 Å². The number of H-pyrrole nitrogens is 1. The van der Waals surface area contributed by atoms with Gasteiger partial charge in [0.25, 0.3) is 5.56 Å². The van der Waals surface area contributed by atoms with Crippen molar-refractivity contribution in [1.29, 1.82) is 0 Å². The largest absolute Gasteiger partial charge is 0.295 e. The standard InChI is InChI=1S/C20H19ClN4O2S/c1-14-18(20(27)25(24-14)17-5-3-2-4-6-17)11-22-23-19(26)13-28-12-15-7-9-16(21)10-8-15/h2-11,24H,12-13H2,1H3,(H,23,26). The molecule has 1 heterocycles. The summed E-state index contributed by atoms with van der Waals surface area (Å²) in [6.07, 6.45) is 1.37. The number of nitrogens with zero attached hydrogens (tertiary/aromatic N) is 2. The molecule has 0 saturated heterocycles. The molecule has 0 saturated carbocycles. The van der Waals surface area contributed by atoms with Crippen molar-refractivity contribution in [3.63, 3.8) is 0 Å². The molecule has 0 atom stereocenters. The van der Waals surface area contributed by atoms with Crippen LogP contribution >= 0.6 is 23.4 Å². The van der Waals surface area contributed by atoms with Crippen molar-refractivity contribution in [2.24, 2.45) is 5.10 Å². The SMILES string of the molecule is Cc1[nH]n(-c2ccccc2)c(=O)c1C=NNC(=O)CSCc1ccc(Cl)cc1. The van der Waals surface area contributed by atoms with Gasteiger partial charge < -0.3 is 0 Å². The van der Waals surface area contributed by atoms with Crippen molar-refractivity contribution in [2.45, 2.75) is 12.7 Å². The van der Waals surface area contributed by atoms with Crippen LogP contribution in [0.4, 0.5) is 0 Å². The summed E-state index contributed by atoms with van der Waals surface area (Å²) in [5, 5.41) is 7.62. The maximum atomic E-state index is 12.5. The summed E-state index contributed by atoms with van der Waals surface area (Å²) in [6, 6.07) is 16.8. The van der Waals surface area contributed by atoms with Crippen LogP contribution in [0.3, 0.4) is 0 Å². The van der Waals surface area contributed by atoms with Crippen molar-refractivity contribution in [3.05, 3.63) is 86.8 Å². The van der Waals surface area contributed by atoms with E-state index in [9.17, 15) is 9.59 Å². The zero-order valence-corrected chi connectivity index (χ0v) is 16.8. The number of hydrazone groups is 1. The van der Waals surface area contributed by atoms with Gasteiger partial charge >= 0.3 is 0 Å². The summed E-state index contributed by atoms with van der Waals surface area (Å²) in [4.78, 5) is 24.4. The van der Waals surface area contributed by atoms with E-state index in [1.807, 2.05) is 54.6 Å². The first-order valence-corrected chi connectivity index (χ1v) is 10.1. The van der Waals surface area contributed by atoms with E-state index in [1.165, 1.54) is 22.7 Å². The Labute approximate surface area is 171 Å². The van der Waals surface area contributed by atoms with Gasteiger partial charge in [-0.2, -0.15) is 5.10 Å². The van der Waals surface area contributed by atoms with Crippen LogP contribution < -0.4 is 11.0 Å². The minimum Gasteiger partial charge on any atom is -0.295 e. The number of hydrogen-bond donors (Lipinski definition) is 2. The molecule has 0 aliphatic carbocycles. The van der Waals surface area contributed by atoms with Gasteiger partial charge in [0.2, 0.25) is 5.91 Å². The van der Waals surface area contributed by atoms with Crippen LogP contribution in [0, 0.1) is 6.92 Å². The maximum Gasteiger partial charge on any atom is 0.280 e. The van der Waals surface area contributed by atoms with E-state index in [0.29, 0.717) is 22.0 Å². The topological polar surface area (TPSA) is 79.2 Å². The third-order valence-corrected chi connectivity index (χ3v) is 5.19. The number of thioether (sulfide) groups is 1. The molecule has 0 bridgehead atoms. The van der Waals surface area contributed by atoms with Crippen LogP contribution in [-0.2, 0) is 10.5 Å². The fourth-order valence-corrected chi connectivity index (χ4v) is 3.42. The molecule has 0 spiro atoms. The first-order valence-electron chi connectivity index (χ1n) is 8.56. The Kier molecular flexibility index (Phi) is 6.73. The molecule has 0 fully saturated rings. The second-order valence-electron chi connectivity index (χ2n) is 6.04. The molecule has 3 aromatic rings. The quantitative estimate of drug-likeness (QED) is 0.458. The van der Waals surface area contributed by atoms with Gasteiger partial charge in [-0.05, 0) is 36.8 Å². The normalized spacial score (nSPS) is 11.1. The van der Waals surface area contributed by atoms with Crippen molar-refractivity contribution in [1.82, 2.24) is 15.2 Å². The average molecular weight is 415 g/mol. The number of nitrogens with one attached hydrogen (secondary N) is 2. The molecule has 3 rings (SSSR count). The second kappa shape index (κ2) is 9.43. The molecule has 144 valence electrons. The predicted molar refractivity (Wildman–Crippen MR) is 114 cm³/mol. The number of aryl methyl sites for hydroxylation is 1. The van der Waals surface area contributed by atoms with E-state index in [4.69, 9.17) is 11.6 Å². The molecule has 1 amide bonds. The van der Waals surface area contributed by atoms with Crippen LogP contribution in [0.1, 0.15) is 16.8 Å². The van der Waals surface area contributed by atoms with Crippen LogP contribution in [-0.4, -0.2) is 27.7 Å². The average Bonchev–Trinajstić information content (AvgIpc) is 2.98. The number of aromatic amines is 1. The molecule has 28 heavy (non-hydrogen) atoms. The van der Waals surface area contributed by atoms with Gasteiger partial charge in [-0.15, -0.1) is 11.8 Å². The number of aromatic nitrogens is 2. The Morgan fingerprint density at radius 2 is 1.93 bits per heavy atom. The lowest BCUT2D eigenvalue weighted by atomic mass is 10.2. The van der Waals surface area contributed by atoms with Crippen LogP contribution in [0.15, 0.2) is 64.5 Å². The Morgan fingerprint density at radius 3 is 2.64 bits per heavy atom. The highest BCUT2D eigenvalue weighted by molar-refractivity contribution is 7.99. The molecular formula is C20H19ClN4O2S. The van der Waals surface area contributed by atoms with Crippen molar-refractivity contribution < 1.29 is 4.79 Å². The lowest BCUT2D eigenvalue weighted by Crippen LogP contribution is -2.21. The summed E-state index contributed by atoms with van der Waals surface area (Å²) < 4.78 is 1.44. The third-order valence-electron chi connectivity index (χ3n) is 3.93. The number of carbonyl (C=O) groups excluding carboxylic acids is 1. The lowest BCUT2D eigenvalue weighted by Gasteiger charge is -2.01. The minimum absolute atomic E-state index is 0.223. The molecular weight excluding hydrogens is 396 g/mol. The molecule has 1 aromatic heterocycles. The first-order chi connectivity index (χ1) is 13.5. The molecule has 2 N–H and O–H groups in total. The first kappa shape index (κ1) is 20.0. The molecule has 0 aliphatic rings. The summed E-state index contributed by atoms with van der Waals surface area (Å²) in [5.41, 5.74) is 5.13. The fourth-order valence-electron chi connectivity index (χ4n) is 2.51. The third kappa shape index (κ3) is 5.15. The zero-order chi connectivity index (χ0) is 19.9. The monoisotopic (exact) mass is 414 g/mol. The van der Waals surface area contributed by atoms with E-state index in [-0.39, 0.29) is 17.2 Å². The van der Waals surface area contributed by atoms with E-state index in [2.05, 4.69) is 15.6 Å². The van der Waals surface area contributed by atoms with Gasteiger partial charge in [-0.3, -0.25) is 14.7 Å². The predicted octanol–water partition coefficient (Wildman–Crippen LogP) is 3.51. The highest BCUT2D eigenvalue weighted by Gasteiger charge is 2.10. The Hall–Kier alpha value is -2.77. The minimum atomic E-state index is -0.230. The van der Waals surface area contributed by atoms with Crippen molar-refractivity contribution in [2.75, 3.05) is 5.75 Å². The van der Waals surface area contributed by atoms with Gasteiger partial charge in [-0.1, -0.05) is 41.9 Å². The molecule has 8 heteroatoms. The Balaban J connectivity index is 1.54. The fraction of sp³-hybridized carbons (Fsp3) is 0.150. The Bertz CT molecular complexity index is 1030. The van der Waals surface area contributed by atoms with E-state index >= 15 is 0 Å².